The Balaban J connectivity index is 4.67. The van der Waals surface area contributed by atoms with Crippen molar-refractivity contribution in [1.82, 2.24) is 0 Å². The lowest BCUT2D eigenvalue weighted by molar-refractivity contribution is -0.410. The molecule has 9 N–H and O–H groups in total. The molecule has 332 valence electrons. The zero-order valence-electron chi connectivity index (χ0n) is 39.2. The molecule has 0 aromatic carbocycles. The van der Waals surface area contributed by atoms with Gasteiger partial charge in [-0.25, -0.2) is 4.79 Å². The summed E-state index contributed by atoms with van der Waals surface area (Å²) in [4.78, 5) is 24.3. The Kier molecular flexibility index (Phi) is 33.5. The van der Waals surface area contributed by atoms with E-state index in [0.29, 0.717) is 13.2 Å². The summed E-state index contributed by atoms with van der Waals surface area (Å²) in [6.07, 6.45) is 47.5. The molecule has 2 atom stereocenters. The topological polar surface area (TPSA) is 136 Å². The van der Waals surface area contributed by atoms with Crippen molar-refractivity contribution in [3.8, 4) is 0 Å². The quantitative estimate of drug-likeness (QED) is 0.0288. The maximum Gasteiger partial charge on any atom is 0.365 e. The van der Waals surface area contributed by atoms with Crippen LogP contribution in [0.4, 0.5) is 0 Å². The average molecular weight is 827 g/mol. The minimum absolute atomic E-state index is 0.0502. The third-order valence-electron chi connectivity index (χ3n) is 9.62. The number of esters is 2. The van der Waals surface area contributed by atoms with Crippen molar-refractivity contribution in [3.63, 3.8) is 0 Å². The molecule has 2 unspecified atom stereocenters. The minimum atomic E-state index is -0.300. The lowest BCUT2D eigenvalue weighted by Crippen LogP contribution is -2.65. The van der Waals surface area contributed by atoms with Crippen LogP contribution in [0.2, 0.25) is 0 Å². The number of quaternary nitrogens is 3. The van der Waals surface area contributed by atoms with Gasteiger partial charge >= 0.3 is 11.9 Å². The number of hydrogen-bond acceptors (Lipinski definition) is 4. The van der Waals surface area contributed by atoms with Crippen molar-refractivity contribution in [1.29, 1.82) is 0 Å². The molecule has 0 fully saturated rings. The molecule has 60 heavy (non-hydrogen) atoms. The fourth-order valence-corrected chi connectivity index (χ4v) is 5.51. The fourth-order valence-electron chi connectivity index (χ4n) is 5.51. The average Bonchev–Trinajstić information content (AvgIpc) is 3.20. The molecule has 0 aliphatic rings. The Morgan fingerprint density at radius 3 is 1.27 bits per heavy atom. The fraction of sp³-hybridized carbons (Fsp3) is 0.472. The number of allylic oxidation sites excluding steroid dienone is 24. The molecule has 7 nitrogen and oxygen atoms in total. The van der Waals surface area contributed by atoms with Crippen molar-refractivity contribution in [2.75, 3.05) is 26.3 Å². The van der Waals surface area contributed by atoms with Crippen LogP contribution in [0.15, 0.2) is 154 Å². The van der Waals surface area contributed by atoms with E-state index in [1.54, 1.807) is 0 Å². The van der Waals surface area contributed by atoms with Gasteiger partial charge in [0.2, 0.25) is 0 Å². The van der Waals surface area contributed by atoms with Crippen LogP contribution >= 0.6 is 0 Å². The van der Waals surface area contributed by atoms with Crippen LogP contribution in [0, 0.1) is 5.92 Å². The molecule has 0 bridgehead atoms. The predicted molar refractivity (Wildman–Crippen MR) is 255 cm³/mol. The van der Waals surface area contributed by atoms with Crippen LogP contribution in [-0.2, 0) is 19.1 Å². The van der Waals surface area contributed by atoms with Gasteiger partial charge < -0.3 is 26.7 Å². The van der Waals surface area contributed by atoms with Crippen LogP contribution in [0.25, 0.3) is 0 Å². The molecule has 0 saturated carbocycles. The lowest BCUT2D eigenvalue weighted by atomic mass is 10.0. The number of hydrogen-bond donors (Lipinski definition) is 3. The molecule has 0 radical (unpaired) electrons. The molecular weight excluding hydrogens is 743 g/mol. The van der Waals surface area contributed by atoms with E-state index in [1.165, 1.54) is 33.4 Å². The summed E-state index contributed by atoms with van der Waals surface area (Å²) in [6, 6.07) is -0.300. The SMILES string of the molecule is CC(/C=C/C=C(C)/C=C/C=C(\C)CC/C=C(\C)COC(=O)C(C)CCCC[NH3+])=C\C=C\C=C(C)\C=C\C=C(C)\C=C\C=C(/C)CC/C=C(\C)COC(=O)C([NH3+])CCCC[NH3+]. The second-order valence-electron chi connectivity index (χ2n) is 16.2. The van der Waals surface area contributed by atoms with Crippen molar-refractivity contribution < 1.29 is 36.3 Å². The zero-order valence-corrected chi connectivity index (χ0v) is 39.2. The van der Waals surface area contributed by atoms with Crippen LogP contribution in [0.3, 0.4) is 0 Å². The zero-order chi connectivity index (χ0) is 45.0. The largest absolute Gasteiger partial charge is 0.461 e. The third kappa shape index (κ3) is 33.3. The molecular formula is C53H84N3O4+3. The smallest absolute Gasteiger partial charge is 0.365 e. The molecule has 0 aliphatic heterocycles. The monoisotopic (exact) mass is 827 g/mol. The van der Waals surface area contributed by atoms with Gasteiger partial charge in [0.05, 0.1) is 19.0 Å². The number of carbonyl (C=O) groups excluding carboxylic acids is 2. The van der Waals surface area contributed by atoms with Gasteiger partial charge in [-0.2, -0.15) is 0 Å². The molecule has 0 saturated heterocycles. The summed E-state index contributed by atoms with van der Waals surface area (Å²) in [5.74, 6) is -0.368. The van der Waals surface area contributed by atoms with Gasteiger partial charge in [0.15, 0.2) is 6.04 Å². The first-order valence-electron chi connectivity index (χ1n) is 22.1. The van der Waals surface area contributed by atoms with E-state index in [4.69, 9.17) is 9.47 Å². The summed E-state index contributed by atoms with van der Waals surface area (Å²) < 4.78 is 10.9. The molecule has 0 spiro atoms. The Bertz CT molecular complexity index is 1550. The lowest BCUT2D eigenvalue weighted by Gasteiger charge is -2.11. The summed E-state index contributed by atoms with van der Waals surface area (Å²) in [6.45, 7) is 21.2. The highest BCUT2D eigenvalue weighted by Gasteiger charge is 2.18. The van der Waals surface area contributed by atoms with Gasteiger partial charge in [0, 0.05) is 6.42 Å². The van der Waals surface area contributed by atoms with Crippen molar-refractivity contribution >= 4 is 11.9 Å². The molecule has 0 heterocycles. The van der Waals surface area contributed by atoms with E-state index < -0.39 is 0 Å². The summed E-state index contributed by atoms with van der Waals surface area (Å²) in [5.41, 5.74) is 21.1. The van der Waals surface area contributed by atoms with Gasteiger partial charge in [-0.15, -0.1) is 0 Å². The van der Waals surface area contributed by atoms with E-state index in [9.17, 15) is 9.59 Å². The molecule has 7 heteroatoms. The standard InChI is InChI=1S/C53H81N3O4/c1-42(24-16-26-44(3)28-18-30-46(5)32-20-34-48(7)40-59-52(57)50(9)36-12-14-38-54)22-10-11-23-43(2)25-17-27-45(4)29-19-31-47(6)33-21-35-49(8)41-60-53(58)51(56)37-13-15-39-55/h10-11,16-19,22-31,34-35,50-51H,12-15,20-21,32-33,36-41,54-56H2,1-9H3/p+3/b11-10+,24-16+,25-17+,28-18+,29-19+,42-22+,43-23+,44-26+,45-27+,46-30+,47-31+,48-34+,49-35+. The van der Waals surface area contributed by atoms with Crippen molar-refractivity contribution in [2.45, 2.75) is 133 Å². The highest BCUT2D eigenvalue weighted by atomic mass is 16.5. The summed E-state index contributed by atoms with van der Waals surface area (Å²) >= 11 is 0. The van der Waals surface area contributed by atoms with E-state index in [0.717, 1.165) is 88.4 Å². The van der Waals surface area contributed by atoms with E-state index in [-0.39, 0.29) is 23.9 Å². The number of ether oxygens (including phenoxy) is 2. The first-order chi connectivity index (χ1) is 28.7. The molecule has 0 aliphatic carbocycles. The van der Waals surface area contributed by atoms with Crippen molar-refractivity contribution in [2.24, 2.45) is 5.92 Å². The highest BCUT2D eigenvalue weighted by molar-refractivity contribution is 5.74. The van der Waals surface area contributed by atoms with Gasteiger partial charge in [-0.05, 0) is 124 Å². The molecule has 0 aromatic heterocycles. The first-order valence-corrected chi connectivity index (χ1v) is 22.1. The second-order valence-corrected chi connectivity index (χ2v) is 16.2. The highest BCUT2D eigenvalue weighted by Crippen LogP contribution is 2.13. The molecule has 0 amide bonds. The van der Waals surface area contributed by atoms with Crippen molar-refractivity contribution in [3.05, 3.63) is 154 Å². The van der Waals surface area contributed by atoms with Crippen LogP contribution in [0.1, 0.15) is 127 Å². The first kappa shape index (κ1) is 55.4. The third-order valence-corrected chi connectivity index (χ3v) is 9.62. The maximum absolute atomic E-state index is 12.2. The Labute approximate surface area is 365 Å². The number of rotatable bonds is 30. The van der Waals surface area contributed by atoms with E-state index in [1.807, 2.05) is 20.8 Å². The maximum atomic E-state index is 12.2. The van der Waals surface area contributed by atoms with Gasteiger partial charge in [-0.1, -0.05) is 150 Å². The number of unbranched alkanes of at least 4 members (excludes halogenated alkanes) is 2. The van der Waals surface area contributed by atoms with E-state index >= 15 is 0 Å². The Morgan fingerprint density at radius 1 is 0.483 bits per heavy atom. The molecule has 0 rings (SSSR count). The second kappa shape index (κ2) is 36.3. The summed E-state index contributed by atoms with van der Waals surface area (Å²) in [5, 5.41) is 0. The van der Waals surface area contributed by atoms with Crippen LogP contribution in [-0.4, -0.2) is 44.3 Å². The van der Waals surface area contributed by atoms with Gasteiger partial charge in [0.1, 0.15) is 13.2 Å². The van der Waals surface area contributed by atoms with Crippen LogP contribution in [0.5, 0.6) is 0 Å². The minimum Gasteiger partial charge on any atom is -0.461 e. The number of carbonyl (C=O) groups is 2. The van der Waals surface area contributed by atoms with E-state index in [2.05, 4.69) is 168 Å². The Morgan fingerprint density at radius 2 is 0.850 bits per heavy atom. The molecule has 0 aromatic rings. The van der Waals surface area contributed by atoms with Gasteiger partial charge in [-0.3, -0.25) is 4.79 Å². The normalized spacial score (nSPS) is 15.7. The predicted octanol–water partition coefficient (Wildman–Crippen LogP) is 10.1. The Hall–Kier alpha value is -4.56. The summed E-state index contributed by atoms with van der Waals surface area (Å²) in [7, 11) is 0. The van der Waals surface area contributed by atoms with Gasteiger partial charge in [0.25, 0.3) is 0 Å². The van der Waals surface area contributed by atoms with Crippen LogP contribution < -0.4 is 17.2 Å².